The molecule has 0 saturated carbocycles. The quantitative estimate of drug-likeness (QED) is 0.864. The van der Waals surface area contributed by atoms with Gasteiger partial charge in [-0.3, -0.25) is 4.79 Å². The van der Waals surface area contributed by atoms with E-state index in [9.17, 15) is 4.79 Å². The summed E-state index contributed by atoms with van der Waals surface area (Å²) in [7, 11) is 3.24. The highest BCUT2D eigenvalue weighted by Crippen LogP contribution is 2.32. The number of nitrogens with zero attached hydrogens (tertiary/aromatic N) is 1. The number of furan rings is 1. The van der Waals surface area contributed by atoms with E-state index >= 15 is 0 Å². The van der Waals surface area contributed by atoms with Gasteiger partial charge in [-0.2, -0.15) is 0 Å². The van der Waals surface area contributed by atoms with Crippen molar-refractivity contribution in [3.8, 4) is 11.5 Å². The van der Waals surface area contributed by atoms with Crippen LogP contribution in [0.1, 0.15) is 21.7 Å². The first kappa shape index (κ1) is 15.7. The zero-order valence-corrected chi connectivity index (χ0v) is 13.9. The van der Waals surface area contributed by atoms with Gasteiger partial charge in [0.25, 0.3) is 5.91 Å². The molecule has 6 heteroatoms. The Kier molecular flexibility index (Phi) is 4.48. The number of ether oxygens (including phenoxy) is 2. The number of halogens is 1. The third-order valence-corrected chi connectivity index (χ3v) is 4.28. The number of carbonyl (C=O) groups is 1. The van der Waals surface area contributed by atoms with Gasteiger partial charge >= 0.3 is 0 Å². The Morgan fingerprint density at radius 2 is 1.65 bits per heavy atom. The Morgan fingerprint density at radius 3 is 2.09 bits per heavy atom. The van der Waals surface area contributed by atoms with Gasteiger partial charge in [-0.25, -0.2) is 0 Å². The standard InChI is InChI=1S/C17H18ClNO4/c1-21-14-9-11-5-7-19(8-6-12(11)10-15(14)22-2)17(20)13-3-4-16(18)23-13/h3-4,9-10H,5-8H2,1-2H3. The Bertz CT molecular complexity index is 690. The number of hydrogen-bond acceptors (Lipinski definition) is 4. The van der Waals surface area contributed by atoms with Crippen LogP contribution in [0, 0.1) is 0 Å². The number of fused-ring (bicyclic) bond motifs is 1. The van der Waals surface area contributed by atoms with Gasteiger partial charge in [-0.1, -0.05) is 0 Å². The Hall–Kier alpha value is -2.14. The Labute approximate surface area is 139 Å². The monoisotopic (exact) mass is 335 g/mol. The average molecular weight is 336 g/mol. The summed E-state index contributed by atoms with van der Waals surface area (Å²) in [4.78, 5) is 14.3. The van der Waals surface area contributed by atoms with Gasteiger partial charge < -0.3 is 18.8 Å². The van der Waals surface area contributed by atoms with Crippen molar-refractivity contribution in [2.45, 2.75) is 12.8 Å². The smallest absolute Gasteiger partial charge is 0.289 e. The maximum atomic E-state index is 12.5. The predicted molar refractivity (Wildman–Crippen MR) is 86.6 cm³/mol. The van der Waals surface area contributed by atoms with E-state index in [1.54, 1.807) is 31.3 Å². The van der Waals surface area contributed by atoms with Gasteiger partial charge in [-0.05, 0) is 59.8 Å². The lowest BCUT2D eigenvalue weighted by atomic mass is 10.0. The third kappa shape index (κ3) is 3.15. The first-order chi connectivity index (χ1) is 11.1. The van der Waals surface area contributed by atoms with Crippen molar-refractivity contribution < 1.29 is 18.7 Å². The van der Waals surface area contributed by atoms with E-state index in [2.05, 4.69) is 0 Å². The van der Waals surface area contributed by atoms with Crippen molar-refractivity contribution in [3.63, 3.8) is 0 Å². The van der Waals surface area contributed by atoms with Crippen molar-refractivity contribution in [2.24, 2.45) is 0 Å². The number of rotatable bonds is 3. The van der Waals surface area contributed by atoms with Crippen LogP contribution in [-0.2, 0) is 12.8 Å². The molecule has 0 N–H and O–H groups in total. The number of hydrogen-bond donors (Lipinski definition) is 0. The second-order valence-electron chi connectivity index (χ2n) is 5.37. The zero-order valence-electron chi connectivity index (χ0n) is 13.1. The van der Waals surface area contributed by atoms with Crippen molar-refractivity contribution in [2.75, 3.05) is 27.3 Å². The summed E-state index contributed by atoms with van der Waals surface area (Å²) in [5.41, 5.74) is 2.35. The van der Waals surface area contributed by atoms with Crippen LogP contribution in [0.15, 0.2) is 28.7 Å². The van der Waals surface area contributed by atoms with Crippen LogP contribution in [0.5, 0.6) is 11.5 Å². The van der Waals surface area contributed by atoms with Crippen LogP contribution < -0.4 is 9.47 Å². The van der Waals surface area contributed by atoms with Gasteiger partial charge in [-0.15, -0.1) is 0 Å². The fraction of sp³-hybridized carbons (Fsp3) is 0.353. The maximum Gasteiger partial charge on any atom is 0.289 e. The van der Waals surface area contributed by atoms with Crippen molar-refractivity contribution >= 4 is 17.5 Å². The van der Waals surface area contributed by atoms with E-state index in [-0.39, 0.29) is 16.9 Å². The van der Waals surface area contributed by atoms with Crippen molar-refractivity contribution in [3.05, 3.63) is 46.4 Å². The average Bonchev–Trinajstić information content (AvgIpc) is 2.89. The molecule has 0 saturated heterocycles. The van der Waals surface area contributed by atoms with Gasteiger partial charge in [0, 0.05) is 13.1 Å². The number of methoxy groups -OCH3 is 2. The third-order valence-electron chi connectivity index (χ3n) is 4.08. The summed E-state index contributed by atoms with van der Waals surface area (Å²) in [5.74, 6) is 1.56. The van der Waals surface area contributed by atoms with E-state index in [1.165, 1.54) is 11.1 Å². The molecular formula is C17H18ClNO4. The molecule has 0 atom stereocenters. The largest absolute Gasteiger partial charge is 0.493 e. The van der Waals surface area contributed by atoms with E-state index < -0.39 is 0 Å². The molecule has 5 nitrogen and oxygen atoms in total. The van der Waals surface area contributed by atoms with E-state index in [0.717, 1.165) is 12.8 Å². The molecule has 1 aliphatic rings. The highest BCUT2D eigenvalue weighted by molar-refractivity contribution is 6.29. The second kappa shape index (κ2) is 6.54. The molecule has 23 heavy (non-hydrogen) atoms. The molecule has 0 radical (unpaired) electrons. The molecule has 0 unspecified atom stereocenters. The summed E-state index contributed by atoms with van der Waals surface area (Å²) in [5, 5.41) is 0.223. The van der Waals surface area contributed by atoms with Crippen LogP contribution in [0.4, 0.5) is 0 Å². The van der Waals surface area contributed by atoms with E-state index in [4.69, 9.17) is 25.5 Å². The first-order valence-electron chi connectivity index (χ1n) is 7.40. The molecular weight excluding hydrogens is 318 g/mol. The summed E-state index contributed by atoms with van der Waals surface area (Å²) in [6.45, 7) is 1.25. The molecule has 3 rings (SSSR count). The SMILES string of the molecule is COc1cc2c(cc1OC)CCN(C(=O)c1ccc(Cl)o1)CC2. The number of amides is 1. The topological polar surface area (TPSA) is 51.9 Å². The lowest BCUT2D eigenvalue weighted by Crippen LogP contribution is -2.33. The highest BCUT2D eigenvalue weighted by Gasteiger charge is 2.23. The van der Waals surface area contributed by atoms with Crippen LogP contribution in [0.3, 0.4) is 0 Å². The minimum Gasteiger partial charge on any atom is -0.493 e. The molecule has 2 heterocycles. The van der Waals surface area contributed by atoms with Crippen molar-refractivity contribution in [1.29, 1.82) is 0 Å². The van der Waals surface area contributed by atoms with E-state index in [0.29, 0.717) is 24.6 Å². The Morgan fingerprint density at radius 1 is 1.09 bits per heavy atom. The lowest BCUT2D eigenvalue weighted by Gasteiger charge is -2.18. The molecule has 0 aliphatic carbocycles. The van der Waals surface area contributed by atoms with Crippen molar-refractivity contribution in [1.82, 2.24) is 4.90 Å². The molecule has 122 valence electrons. The van der Waals surface area contributed by atoms with Crippen LogP contribution in [-0.4, -0.2) is 38.1 Å². The normalized spacial score (nSPS) is 14.1. The summed E-state index contributed by atoms with van der Waals surface area (Å²) in [6.07, 6.45) is 1.52. The lowest BCUT2D eigenvalue weighted by molar-refractivity contribution is 0.0731. The van der Waals surface area contributed by atoms with Crippen LogP contribution in [0.25, 0.3) is 0 Å². The summed E-state index contributed by atoms with van der Waals surface area (Å²) < 4.78 is 15.9. The molecule has 1 aromatic heterocycles. The summed E-state index contributed by atoms with van der Waals surface area (Å²) >= 11 is 5.75. The van der Waals surface area contributed by atoms with Crippen LogP contribution >= 0.6 is 11.6 Å². The maximum absolute atomic E-state index is 12.5. The fourth-order valence-corrected chi connectivity index (χ4v) is 2.99. The fourth-order valence-electron chi connectivity index (χ4n) is 2.84. The Balaban J connectivity index is 1.81. The molecule has 2 aromatic rings. The molecule has 0 bridgehead atoms. The molecule has 1 aliphatic heterocycles. The number of benzene rings is 1. The van der Waals surface area contributed by atoms with Gasteiger partial charge in [0.05, 0.1) is 14.2 Å². The van der Waals surface area contributed by atoms with E-state index in [1.807, 2.05) is 12.1 Å². The first-order valence-corrected chi connectivity index (χ1v) is 7.78. The molecule has 0 spiro atoms. The molecule has 0 fully saturated rings. The number of carbonyl (C=O) groups excluding carboxylic acids is 1. The molecule has 1 aromatic carbocycles. The minimum atomic E-state index is -0.136. The predicted octanol–water partition coefficient (Wildman–Crippen LogP) is 3.19. The highest BCUT2D eigenvalue weighted by atomic mass is 35.5. The summed E-state index contributed by atoms with van der Waals surface area (Å²) in [6, 6.07) is 7.17. The van der Waals surface area contributed by atoms with Gasteiger partial charge in [0.15, 0.2) is 22.5 Å². The van der Waals surface area contributed by atoms with Gasteiger partial charge in [0.2, 0.25) is 0 Å². The molecule has 1 amide bonds. The second-order valence-corrected chi connectivity index (χ2v) is 5.74. The van der Waals surface area contributed by atoms with Crippen LogP contribution in [0.2, 0.25) is 5.22 Å². The minimum absolute atomic E-state index is 0.136. The zero-order chi connectivity index (χ0) is 16.4. The van der Waals surface area contributed by atoms with Gasteiger partial charge in [0.1, 0.15) is 0 Å².